The van der Waals surface area contributed by atoms with Crippen LogP contribution >= 0.6 is 11.6 Å². The molecule has 0 aliphatic carbocycles. The summed E-state index contributed by atoms with van der Waals surface area (Å²) < 4.78 is 0. The molecule has 3 aromatic rings. The number of hydrogen-bond donors (Lipinski definition) is 1. The fourth-order valence-electron chi connectivity index (χ4n) is 2.69. The molecule has 0 aliphatic heterocycles. The lowest BCUT2D eigenvalue weighted by molar-refractivity contribution is -0.117. The smallest absolute Gasteiger partial charge is 0.239 e. The first kappa shape index (κ1) is 18.1. The van der Waals surface area contributed by atoms with E-state index in [1.165, 1.54) is 17.3 Å². The molecule has 4 nitrogen and oxygen atoms in total. The van der Waals surface area contributed by atoms with Crippen LogP contribution in [-0.2, 0) is 17.9 Å². The van der Waals surface area contributed by atoms with Crippen LogP contribution in [0.25, 0.3) is 0 Å². The van der Waals surface area contributed by atoms with Gasteiger partial charge < -0.3 is 5.32 Å². The molecule has 0 radical (unpaired) electrons. The van der Waals surface area contributed by atoms with Crippen molar-refractivity contribution in [3.8, 4) is 0 Å². The Labute approximate surface area is 158 Å². The Hall–Kier alpha value is -2.69. The Balaban J connectivity index is 1.67. The van der Waals surface area contributed by atoms with E-state index < -0.39 is 0 Å². The third kappa shape index (κ3) is 5.69. The number of amides is 1. The van der Waals surface area contributed by atoms with Gasteiger partial charge >= 0.3 is 0 Å². The summed E-state index contributed by atoms with van der Waals surface area (Å²) >= 11 is 5.83. The van der Waals surface area contributed by atoms with Gasteiger partial charge in [0.15, 0.2) is 0 Å². The summed E-state index contributed by atoms with van der Waals surface area (Å²) in [5, 5.41) is 3.36. The first-order chi connectivity index (χ1) is 12.7. The van der Waals surface area contributed by atoms with Gasteiger partial charge in [0.05, 0.1) is 11.6 Å². The van der Waals surface area contributed by atoms with Crippen LogP contribution in [-0.4, -0.2) is 22.3 Å². The molecule has 0 saturated heterocycles. The predicted octanol–water partition coefficient (Wildman–Crippen LogP) is 4.38. The van der Waals surface area contributed by atoms with Crippen molar-refractivity contribution in [2.24, 2.45) is 0 Å². The van der Waals surface area contributed by atoms with Gasteiger partial charge in [-0.15, -0.1) is 0 Å². The van der Waals surface area contributed by atoms with E-state index in [0.29, 0.717) is 23.9 Å². The van der Waals surface area contributed by atoms with E-state index in [4.69, 9.17) is 11.6 Å². The van der Waals surface area contributed by atoms with Gasteiger partial charge in [-0.05, 0) is 23.3 Å². The highest BCUT2D eigenvalue weighted by molar-refractivity contribution is 6.30. The number of hydrogen-bond acceptors (Lipinski definition) is 3. The molecule has 0 bridgehead atoms. The summed E-state index contributed by atoms with van der Waals surface area (Å²) in [6, 6.07) is 23.7. The zero-order valence-electron chi connectivity index (χ0n) is 14.3. The van der Waals surface area contributed by atoms with Crippen LogP contribution < -0.4 is 5.32 Å². The number of halogens is 1. The van der Waals surface area contributed by atoms with Gasteiger partial charge in [0.2, 0.25) is 5.91 Å². The largest absolute Gasteiger partial charge is 0.310 e. The van der Waals surface area contributed by atoms with Crippen LogP contribution in [0.1, 0.15) is 11.1 Å². The molecule has 1 aromatic heterocycles. The minimum atomic E-state index is -0.105. The number of rotatable bonds is 7. The number of pyridine rings is 1. The lowest BCUT2D eigenvalue weighted by Crippen LogP contribution is -2.32. The summed E-state index contributed by atoms with van der Waals surface area (Å²) in [4.78, 5) is 18.7. The second-order valence-corrected chi connectivity index (χ2v) is 6.46. The Morgan fingerprint density at radius 2 is 1.46 bits per heavy atom. The number of aromatic nitrogens is 1. The standard InChI is InChI=1S/C21H20ClN3O/c22-19-11-12-20(23-13-19)24-21(26)16-25(14-17-7-3-1-4-8-17)15-18-9-5-2-6-10-18/h1-13H,14-16H2,(H,23,24,26). The lowest BCUT2D eigenvalue weighted by atomic mass is 10.1. The van der Waals surface area contributed by atoms with Crippen LogP contribution in [0, 0.1) is 0 Å². The molecule has 2 aromatic carbocycles. The SMILES string of the molecule is O=C(CN(Cc1ccccc1)Cc1ccccc1)Nc1ccc(Cl)cn1. The Kier molecular flexibility index (Phi) is 6.36. The fourth-order valence-corrected chi connectivity index (χ4v) is 2.80. The molecule has 1 heterocycles. The van der Waals surface area contributed by atoms with Crippen LogP contribution in [0.2, 0.25) is 5.02 Å². The molecular formula is C21H20ClN3O. The van der Waals surface area contributed by atoms with Crippen molar-refractivity contribution in [2.75, 3.05) is 11.9 Å². The summed E-state index contributed by atoms with van der Waals surface area (Å²) in [7, 11) is 0. The summed E-state index contributed by atoms with van der Waals surface area (Å²) in [6.45, 7) is 1.66. The number of nitrogens with one attached hydrogen (secondary N) is 1. The molecule has 0 unspecified atom stereocenters. The molecule has 0 aliphatic rings. The second-order valence-electron chi connectivity index (χ2n) is 6.03. The zero-order chi connectivity index (χ0) is 18.2. The van der Waals surface area contributed by atoms with Gasteiger partial charge in [-0.1, -0.05) is 72.3 Å². The maximum Gasteiger partial charge on any atom is 0.239 e. The molecule has 5 heteroatoms. The van der Waals surface area contributed by atoms with Gasteiger partial charge in [-0.3, -0.25) is 9.69 Å². The third-order valence-corrected chi connectivity index (χ3v) is 4.08. The normalized spacial score (nSPS) is 10.7. The number of carbonyl (C=O) groups is 1. The Morgan fingerprint density at radius 1 is 0.885 bits per heavy atom. The Morgan fingerprint density at radius 3 is 1.96 bits per heavy atom. The van der Waals surface area contributed by atoms with Crippen molar-refractivity contribution in [1.29, 1.82) is 0 Å². The maximum absolute atomic E-state index is 12.5. The molecule has 0 spiro atoms. The highest BCUT2D eigenvalue weighted by Gasteiger charge is 2.13. The van der Waals surface area contributed by atoms with Crippen LogP contribution in [0.3, 0.4) is 0 Å². The van der Waals surface area contributed by atoms with Crippen molar-refractivity contribution in [2.45, 2.75) is 13.1 Å². The van der Waals surface area contributed by atoms with Gasteiger partial charge in [0.1, 0.15) is 5.82 Å². The monoisotopic (exact) mass is 365 g/mol. The van der Waals surface area contributed by atoms with E-state index in [1.807, 2.05) is 36.4 Å². The van der Waals surface area contributed by atoms with Gasteiger partial charge in [0.25, 0.3) is 0 Å². The highest BCUT2D eigenvalue weighted by atomic mass is 35.5. The molecule has 1 N–H and O–H groups in total. The fraction of sp³-hybridized carbons (Fsp3) is 0.143. The van der Waals surface area contributed by atoms with Crippen molar-refractivity contribution >= 4 is 23.3 Å². The van der Waals surface area contributed by atoms with Crippen LogP contribution in [0.15, 0.2) is 79.0 Å². The number of benzene rings is 2. The van der Waals surface area contributed by atoms with E-state index in [9.17, 15) is 4.79 Å². The van der Waals surface area contributed by atoms with E-state index >= 15 is 0 Å². The van der Waals surface area contributed by atoms with Gasteiger partial charge in [-0.2, -0.15) is 0 Å². The molecule has 0 fully saturated rings. The summed E-state index contributed by atoms with van der Waals surface area (Å²) in [5.74, 6) is 0.394. The van der Waals surface area contributed by atoms with Gasteiger partial charge in [-0.25, -0.2) is 4.98 Å². The Bertz CT molecular complexity index is 781. The summed E-state index contributed by atoms with van der Waals surface area (Å²) in [5.41, 5.74) is 2.33. The number of anilines is 1. The molecule has 3 rings (SSSR count). The zero-order valence-corrected chi connectivity index (χ0v) is 15.1. The molecular weight excluding hydrogens is 346 g/mol. The van der Waals surface area contributed by atoms with E-state index in [-0.39, 0.29) is 12.5 Å². The molecule has 0 atom stereocenters. The quantitative estimate of drug-likeness (QED) is 0.676. The average molecular weight is 366 g/mol. The van der Waals surface area contributed by atoms with Gasteiger partial charge in [0, 0.05) is 19.3 Å². The maximum atomic E-state index is 12.5. The average Bonchev–Trinajstić information content (AvgIpc) is 2.65. The van der Waals surface area contributed by atoms with E-state index in [2.05, 4.69) is 39.5 Å². The molecule has 132 valence electrons. The first-order valence-electron chi connectivity index (χ1n) is 8.40. The topological polar surface area (TPSA) is 45.2 Å². The first-order valence-corrected chi connectivity index (χ1v) is 8.78. The predicted molar refractivity (Wildman–Crippen MR) is 105 cm³/mol. The van der Waals surface area contributed by atoms with Crippen LogP contribution in [0.4, 0.5) is 5.82 Å². The van der Waals surface area contributed by atoms with Crippen molar-refractivity contribution in [1.82, 2.24) is 9.88 Å². The number of nitrogens with zero attached hydrogens (tertiary/aromatic N) is 2. The van der Waals surface area contributed by atoms with E-state index in [0.717, 1.165) is 0 Å². The highest BCUT2D eigenvalue weighted by Crippen LogP contribution is 2.12. The van der Waals surface area contributed by atoms with Crippen LogP contribution in [0.5, 0.6) is 0 Å². The second kappa shape index (κ2) is 9.13. The lowest BCUT2D eigenvalue weighted by Gasteiger charge is -2.22. The summed E-state index contributed by atoms with van der Waals surface area (Å²) in [6.07, 6.45) is 1.52. The van der Waals surface area contributed by atoms with Crippen molar-refractivity contribution < 1.29 is 4.79 Å². The minimum Gasteiger partial charge on any atom is -0.310 e. The van der Waals surface area contributed by atoms with Crippen molar-refractivity contribution in [3.63, 3.8) is 0 Å². The number of carbonyl (C=O) groups excluding carboxylic acids is 1. The van der Waals surface area contributed by atoms with E-state index in [1.54, 1.807) is 12.1 Å². The van der Waals surface area contributed by atoms with Crippen molar-refractivity contribution in [3.05, 3.63) is 95.1 Å². The molecule has 1 amide bonds. The molecule has 0 saturated carbocycles. The minimum absolute atomic E-state index is 0.105. The molecule has 26 heavy (non-hydrogen) atoms. The third-order valence-electron chi connectivity index (χ3n) is 3.86.